The minimum Gasteiger partial charge on any atom is -0.399 e. The summed E-state index contributed by atoms with van der Waals surface area (Å²) in [6, 6.07) is 7.48. The van der Waals surface area contributed by atoms with Crippen molar-refractivity contribution in [2.45, 2.75) is 115 Å². The van der Waals surface area contributed by atoms with Crippen molar-refractivity contribution < 1.29 is 39.9 Å². The van der Waals surface area contributed by atoms with E-state index in [-0.39, 0.29) is 36.8 Å². The molecule has 2 aromatic rings. The molecule has 2 aliphatic rings. The maximum absolute atomic E-state index is 14.3. The number of ether oxygens (including phenoxy) is 1. The molecule has 1 nitrogen and oxygen atoms in total. The standard InChI is InChI=1S/C19H28F2.C13H12F6O/c1-2-3-4-5-16-8-11-18(19(21)14-16)17-9-6-15(7-10-17)12-13-20;14-9-3-1-7(2-4-9)8-5-10(15)12(11(16)6-8)20-13(17,18)19/h8,11,14-15,17H,2-7,9-10,12-13H2,1H3;5-7,9H,1-4H2. The zero-order chi connectivity index (χ0) is 30.0. The lowest BCUT2D eigenvalue weighted by Gasteiger charge is -2.28. The summed E-state index contributed by atoms with van der Waals surface area (Å²) < 4.78 is 106. The number of rotatable bonds is 9. The predicted molar refractivity (Wildman–Crippen MR) is 144 cm³/mol. The van der Waals surface area contributed by atoms with E-state index in [4.69, 9.17) is 0 Å². The van der Waals surface area contributed by atoms with Crippen LogP contribution >= 0.6 is 0 Å². The lowest BCUT2D eigenvalue weighted by molar-refractivity contribution is -0.276. The van der Waals surface area contributed by atoms with E-state index < -0.39 is 29.9 Å². The number of aryl methyl sites for hydroxylation is 1. The molecule has 2 aliphatic carbocycles. The maximum Gasteiger partial charge on any atom is 0.573 e. The first kappa shape index (κ1) is 33.2. The Bertz CT molecular complexity index is 1050. The molecule has 0 spiro atoms. The van der Waals surface area contributed by atoms with Gasteiger partial charge in [0.25, 0.3) is 0 Å². The Labute approximate surface area is 237 Å². The van der Waals surface area contributed by atoms with Gasteiger partial charge in [-0.2, -0.15) is 0 Å². The number of hydrogen-bond donors (Lipinski definition) is 0. The van der Waals surface area contributed by atoms with Crippen LogP contribution in [-0.2, 0) is 6.42 Å². The van der Waals surface area contributed by atoms with Gasteiger partial charge in [0.2, 0.25) is 5.75 Å². The lowest BCUT2D eigenvalue weighted by atomic mass is 9.77. The number of unbranched alkanes of at least 4 members (excludes halogenated alkanes) is 2. The summed E-state index contributed by atoms with van der Waals surface area (Å²) in [5.74, 6) is -3.68. The molecule has 9 heteroatoms. The predicted octanol–water partition coefficient (Wildman–Crippen LogP) is 11.1. The fourth-order valence-electron chi connectivity index (χ4n) is 5.97. The van der Waals surface area contributed by atoms with Gasteiger partial charge in [-0.05, 0) is 123 Å². The Balaban J connectivity index is 0.000000226. The van der Waals surface area contributed by atoms with Crippen molar-refractivity contribution in [2.75, 3.05) is 6.67 Å². The van der Waals surface area contributed by atoms with Gasteiger partial charge < -0.3 is 4.74 Å². The van der Waals surface area contributed by atoms with Crippen molar-refractivity contribution in [1.29, 1.82) is 0 Å². The molecule has 0 unspecified atom stereocenters. The molecule has 230 valence electrons. The van der Waals surface area contributed by atoms with Crippen LogP contribution in [0.2, 0.25) is 0 Å². The van der Waals surface area contributed by atoms with E-state index in [2.05, 4.69) is 17.7 Å². The highest BCUT2D eigenvalue weighted by Gasteiger charge is 2.34. The second-order valence-corrected chi connectivity index (χ2v) is 11.3. The Hall–Kier alpha value is -2.32. The average Bonchev–Trinajstić information content (AvgIpc) is 2.92. The molecule has 0 N–H and O–H groups in total. The van der Waals surface area contributed by atoms with Gasteiger partial charge in [0.1, 0.15) is 12.0 Å². The van der Waals surface area contributed by atoms with Crippen LogP contribution in [0.4, 0.5) is 35.1 Å². The molecule has 4 rings (SSSR count). The number of halogens is 8. The van der Waals surface area contributed by atoms with Gasteiger partial charge >= 0.3 is 6.36 Å². The van der Waals surface area contributed by atoms with Gasteiger partial charge in [-0.1, -0.05) is 31.9 Å². The second-order valence-electron chi connectivity index (χ2n) is 11.3. The van der Waals surface area contributed by atoms with Crippen LogP contribution in [0.15, 0.2) is 30.3 Å². The van der Waals surface area contributed by atoms with Crippen LogP contribution in [0.3, 0.4) is 0 Å². The number of hydrogen-bond acceptors (Lipinski definition) is 1. The van der Waals surface area contributed by atoms with E-state index >= 15 is 0 Å². The van der Waals surface area contributed by atoms with E-state index in [1.165, 1.54) is 12.8 Å². The van der Waals surface area contributed by atoms with E-state index in [0.29, 0.717) is 31.1 Å². The average molecular weight is 593 g/mol. The molecular weight excluding hydrogens is 552 g/mol. The quantitative estimate of drug-likeness (QED) is 0.208. The minimum atomic E-state index is -5.16. The Kier molecular flexibility index (Phi) is 12.8. The first-order chi connectivity index (χ1) is 19.5. The van der Waals surface area contributed by atoms with Crippen LogP contribution in [0, 0.1) is 23.4 Å². The normalized spacial score (nSPS) is 23.0. The van der Waals surface area contributed by atoms with Crippen LogP contribution in [0.25, 0.3) is 0 Å². The zero-order valence-corrected chi connectivity index (χ0v) is 23.5. The molecule has 0 saturated heterocycles. The summed E-state index contributed by atoms with van der Waals surface area (Å²) in [5, 5.41) is 0. The Morgan fingerprint density at radius 1 is 0.780 bits per heavy atom. The number of benzene rings is 2. The SMILES string of the molecule is CCCCCc1ccc(C2CCC(CCF)CC2)c(F)c1.Fc1cc(C2CCC(F)CC2)cc(F)c1OC(F)(F)F. The minimum absolute atomic E-state index is 0.0297. The van der Waals surface area contributed by atoms with Gasteiger partial charge in [-0.15, -0.1) is 13.2 Å². The molecule has 0 atom stereocenters. The Morgan fingerprint density at radius 2 is 1.39 bits per heavy atom. The fraction of sp³-hybridized carbons (Fsp3) is 0.625. The summed E-state index contributed by atoms with van der Waals surface area (Å²) in [5.41, 5.74) is 2.24. The summed E-state index contributed by atoms with van der Waals surface area (Å²) in [4.78, 5) is 0. The molecule has 0 radical (unpaired) electrons. The third-order valence-corrected chi connectivity index (χ3v) is 8.30. The van der Waals surface area contributed by atoms with Crippen molar-refractivity contribution in [1.82, 2.24) is 0 Å². The molecular formula is C32H40F8O. The molecule has 0 amide bonds. The zero-order valence-electron chi connectivity index (χ0n) is 23.5. The highest BCUT2D eigenvalue weighted by molar-refractivity contribution is 5.33. The van der Waals surface area contributed by atoms with Crippen LogP contribution in [0.5, 0.6) is 5.75 Å². The van der Waals surface area contributed by atoms with Gasteiger partial charge in [0.05, 0.1) is 6.67 Å². The molecule has 41 heavy (non-hydrogen) atoms. The fourth-order valence-corrected chi connectivity index (χ4v) is 5.97. The monoisotopic (exact) mass is 592 g/mol. The molecule has 2 fully saturated rings. The third-order valence-electron chi connectivity index (χ3n) is 8.30. The Morgan fingerprint density at radius 3 is 1.93 bits per heavy atom. The smallest absolute Gasteiger partial charge is 0.399 e. The summed E-state index contributed by atoms with van der Waals surface area (Å²) in [7, 11) is 0. The van der Waals surface area contributed by atoms with E-state index in [1.54, 1.807) is 6.07 Å². The topological polar surface area (TPSA) is 9.23 Å². The molecule has 0 aromatic heterocycles. The molecule has 2 saturated carbocycles. The van der Waals surface area contributed by atoms with Crippen molar-refractivity contribution >= 4 is 0 Å². The van der Waals surface area contributed by atoms with Gasteiger partial charge in [-0.3, -0.25) is 4.39 Å². The van der Waals surface area contributed by atoms with E-state index in [9.17, 15) is 35.1 Å². The van der Waals surface area contributed by atoms with Crippen molar-refractivity contribution in [3.8, 4) is 5.75 Å². The van der Waals surface area contributed by atoms with Crippen LogP contribution in [0.1, 0.15) is 112 Å². The summed E-state index contributed by atoms with van der Waals surface area (Å²) in [6.07, 6.45) is 4.66. The maximum atomic E-state index is 14.3. The first-order valence-electron chi connectivity index (χ1n) is 14.7. The van der Waals surface area contributed by atoms with Gasteiger partial charge in [0.15, 0.2) is 11.6 Å². The first-order valence-corrected chi connectivity index (χ1v) is 14.7. The van der Waals surface area contributed by atoms with Gasteiger partial charge in [-0.25, -0.2) is 17.6 Å². The molecule has 0 aliphatic heterocycles. The van der Waals surface area contributed by atoms with Crippen LogP contribution in [-0.4, -0.2) is 19.2 Å². The van der Waals surface area contributed by atoms with Crippen molar-refractivity contribution in [2.24, 2.45) is 5.92 Å². The van der Waals surface area contributed by atoms with Gasteiger partial charge in [0, 0.05) is 0 Å². The molecule has 0 heterocycles. The van der Waals surface area contributed by atoms with Crippen molar-refractivity contribution in [3.63, 3.8) is 0 Å². The molecule has 2 aromatic carbocycles. The second kappa shape index (κ2) is 15.8. The van der Waals surface area contributed by atoms with E-state index in [0.717, 1.165) is 61.8 Å². The third kappa shape index (κ3) is 10.5. The number of alkyl halides is 5. The highest BCUT2D eigenvalue weighted by Crippen LogP contribution is 2.39. The van der Waals surface area contributed by atoms with E-state index in [1.807, 2.05) is 6.07 Å². The summed E-state index contributed by atoms with van der Waals surface area (Å²) >= 11 is 0. The summed E-state index contributed by atoms with van der Waals surface area (Å²) in [6.45, 7) is 1.97. The lowest BCUT2D eigenvalue weighted by Crippen LogP contribution is -2.19. The highest BCUT2D eigenvalue weighted by atomic mass is 19.4. The van der Waals surface area contributed by atoms with Crippen LogP contribution < -0.4 is 4.74 Å². The molecule has 0 bridgehead atoms. The van der Waals surface area contributed by atoms with Crippen molar-refractivity contribution in [3.05, 3.63) is 64.5 Å². The largest absolute Gasteiger partial charge is 0.573 e.